The SMILES string of the molecule is C[C@@H]1CNC[C@H]1C(=O)Nc1nnn(C)n1. The molecule has 1 saturated heterocycles. The van der Waals surface area contributed by atoms with Crippen LogP contribution >= 0.6 is 0 Å². The smallest absolute Gasteiger partial charge is 0.270 e. The van der Waals surface area contributed by atoms with Crippen molar-refractivity contribution in [1.82, 2.24) is 25.5 Å². The van der Waals surface area contributed by atoms with Crippen LogP contribution in [0.15, 0.2) is 0 Å². The Hall–Kier alpha value is -1.50. The minimum Gasteiger partial charge on any atom is -0.316 e. The molecule has 1 fully saturated rings. The summed E-state index contributed by atoms with van der Waals surface area (Å²) >= 11 is 0. The highest BCUT2D eigenvalue weighted by molar-refractivity contribution is 5.91. The van der Waals surface area contributed by atoms with Gasteiger partial charge in [-0.05, 0) is 17.7 Å². The zero-order valence-corrected chi connectivity index (χ0v) is 8.77. The number of hydrogen-bond acceptors (Lipinski definition) is 5. The van der Waals surface area contributed by atoms with E-state index in [0.29, 0.717) is 12.5 Å². The minimum absolute atomic E-state index is 0.00574. The zero-order valence-electron chi connectivity index (χ0n) is 8.77. The van der Waals surface area contributed by atoms with Gasteiger partial charge in [0.05, 0.1) is 13.0 Å². The van der Waals surface area contributed by atoms with Crippen LogP contribution in [0.5, 0.6) is 0 Å². The monoisotopic (exact) mass is 210 g/mol. The number of amides is 1. The lowest BCUT2D eigenvalue weighted by molar-refractivity contribution is -0.120. The van der Waals surface area contributed by atoms with Gasteiger partial charge in [-0.3, -0.25) is 10.1 Å². The average Bonchev–Trinajstić information content (AvgIpc) is 2.75. The van der Waals surface area contributed by atoms with Crippen LogP contribution in [0.2, 0.25) is 0 Å². The number of tetrazole rings is 1. The molecule has 7 heteroatoms. The number of nitrogens with one attached hydrogen (secondary N) is 2. The molecule has 0 aromatic carbocycles. The van der Waals surface area contributed by atoms with E-state index in [1.165, 1.54) is 4.80 Å². The number of rotatable bonds is 2. The Morgan fingerprint density at radius 1 is 1.60 bits per heavy atom. The van der Waals surface area contributed by atoms with Crippen molar-refractivity contribution in [3.63, 3.8) is 0 Å². The van der Waals surface area contributed by atoms with Gasteiger partial charge in [0.2, 0.25) is 5.91 Å². The molecular formula is C8H14N6O. The maximum Gasteiger partial charge on any atom is 0.270 e. The number of carbonyl (C=O) groups excluding carboxylic acids is 1. The van der Waals surface area contributed by atoms with Crippen molar-refractivity contribution in [1.29, 1.82) is 0 Å². The van der Waals surface area contributed by atoms with Gasteiger partial charge in [0, 0.05) is 6.54 Å². The second-order valence-corrected chi connectivity index (χ2v) is 3.83. The van der Waals surface area contributed by atoms with Crippen LogP contribution in [0, 0.1) is 11.8 Å². The number of hydrogen-bond donors (Lipinski definition) is 2. The number of carbonyl (C=O) groups is 1. The third kappa shape index (κ3) is 2.12. The average molecular weight is 210 g/mol. The Kier molecular flexibility index (Phi) is 2.63. The minimum atomic E-state index is -0.0412. The first-order valence-corrected chi connectivity index (χ1v) is 4.92. The lowest BCUT2D eigenvalue weighted by atomic mass is 9.97. The molecular weight excluding hydrogens is 196 g/mol. The molecule has 0 aliphatic carbocycles. The first kappa shape index (κ1) is 10.0. The van der Waals surface area contributed by atoms with Gasteiger partial charge in [-0.15, -0.1) is 5.10 Å². The molecule has 7 nitrogen and oxygen atoms in total. The summed E-state index contributed by atoms with van der Waals surface area (Å²) in [7, 11) is 1.66. The Bertz CT molecular complexity index is 362. The third-order valence-electron chi connectivity index (χ3n) is 2.60. The Morgan fingerprint density at radius 3 is 2.93 bits per heavy atom. The molecule has 2 rings (SSSR count). The second kappa shape index (κ2) is 3.93. The van der Waals surface area contributed by atoms with Crippen LogP contribution in [-0.4, -0.2) is 39.2 Å². The van der Waals surface area contributed by atoms with Crippen molar-refractivity contribution in [3.05, 3.63) is 0 Å². The molecule has 0 bridgehead atoms. The van der Waals surface area contributed by atoms with Crippen molar-refractivity contribution in [2.45, 2.75) is 6.92 Å². The highest BCUT2D eigenvalue weighted by Crippen LogP contribution is 2.16. The zero-order chi connectivity index (χ0) is 10.8. The van der Waals surface area contributed by atoms with Crippen molar-refractivity contribution < 1.29 is 4.79 Å². The summed E-state index contributed by atoms with van der Waals surface area (Å²) in [5.41, 5.74) is 0. The summed E-state index contributed by atoms with van der Waals surface area (Å²) in [4.78, 5) is 13.1. The highest BCUT2D eigenvalue weighted by Gasteiger charge is 2.30. The molecule has 0 unspecified atom stereocenters. The normalized spacial score (nSPS) is 25.5. The molecule has 0 saturated carbocycles. The van der Waals surface area contributed by atoms with E-state index in [1.807, 2.05) is 6.92 Å². The lowest BCUT2D eigenvalue weighted by Crippen LogP contribution is -2.28. The largest absolute Gasteiger partial charge is 0.316 e. The van der Waals surface area contributed by atoms with E-state index in [2.05, 4.69) is 26.0 Å². The van der Waals surface area contributed by atoms with Crippen LogP contribution in [0.4, 0.5) is 5.95 Å². The molecule has 82 valence electrons. The van der Waals surface area contributed by atoms with Gasteiger partial charge in [0.15, 0.2) is 0 Å². The predicted molar refractivity (Wildman–Crippen MR) is 53.0 cm³/mol. The first-order valence-electron chi connectivity index (χ1n) is 4.92. The number of anilines is 1. The van der Waals surface area contributed by atoms with Gasteiger partial charge in [-0.25, -0.2) is 0 Å². The van der Waals surface area contributed by atoms with Crippen LogP contribution < -0.4 is 10.6 Å². The number of nitrogens with zero attached hydrogens (tertiary/aromatic N) is 4. The van der Waals surface area contributed by atoms with Crippen LogP contribution in [0.1, 0.15) is 6.92 Å². The van der Waals surface area contributed by atoms with E-state index in [9.17, 15) is 4.79 Å². The third-order valence-corrected chi connectivity index (χ3v) is 2.60. The summed E-state index contributed by atoms with van der Waals surface area (Å²) in [5, 5.41) is 17.1. The second-order valence-electron chi connectivity index (χ2n) is 3.83. The molecule has 15 heavy (non-hydrogen) atoms. The van der Waals surface area contributed by atoms with E-state index in [0.717, 1.165) is 6.54 Å². The van der Waals surface area contributed by atoms with E-state index in [-0.39, 0.29) is 17.8 Å². The van der Waals surface area contributed by atoms with Gasteiger partial charge >= 0.3 is 0 Å². The molecule has 2 atom stereocenters. The quantitative estimate of drug-likeness (QED) is 0.654. The molecule has 0 spiro atoms. The Labute approximate surface area is 87.2 Å². The molecule has 1 aliphatic rings. The summed E-state index contributed by atoms with van der Waals surface area (Å²) in [6.45, 7) is 3.65. The fourth-order valence-corrected chi connectivity index (χ4v) is 1.70. The van der Waals surface area contributed by atoms with Crippen molar-refractivity contribution >= 4 is 11.9 Å². The van der Waals surface area contributed by atoms with Gasteiger partial charge in [-0.1, -0.05) is 12.0 Å². The van der Waals surface area contributed by atoms with Crippen LogP contribution in [-0.2, 0) is 11.8 Å². The fraction of sp³-hybridized carbons (Fsp3) is 0.750. The Morgan fingerprint density at radius 2 is 2.40 bits per heavy atom. The molecule has 2 heterocycles. The Balaban J connectivity index is 1.97. The molecule has 0 radical (unpaired) electrons. The fourth-order valence-electron chi connectivity index (χ4n) is 1.70. The maximum absolute atomic E-state index is 11.8. The van der Waals surface area contributed by atoms with Crippen LogP contribution in [0.3, 0.4) is 0 Å². The van der Waals surface area contributed by atoms with Gasteiger partial charge in [-0.2, -0.15) is 4.80 Å². The summed E-state index contributed by atoms with van der Waals surface area (Å²) in [5.74, 6) is 0.567. The van der Waals surface area contributed by atoms with E-state index >= 15 is 0 Å². The van der Waals surface area contributed by atoms with Gasteiger partial charge in [0.1, 0.15) is 0 Å². The first-order chi connectivity index (χ1) is 7.16. The van der Waals surface area contributed by atoms with E-state index < -0.39 is 0 Å². The summed E-state index contributed by atoms with van der Waals surface area (Å²) < 4.78 is 0. The molecule has 1 aliphatic heterocycles. The van der Waals surface area contributed by atoms with Gasteiger partial charge < -0.3 is 5.32 Å². The predicted octanol–water partition coefficient (Wildman–Crippen LogP) is -0.996. The summed E-state index contributed by atoms with van der Waals surface area (Å²) in [6, 6.07) is 0. The molecule has 1 aromatic rings. The molecule has 2 N–H and O–H groups in total. The molecule has 1 aromatic heterocycles. The summed E-state index contributed by atoms with van der Waals surface area (Å²) in [6.07, 6.45) is 0. The van der Waals surface area contributed by atoms with E-state index in [4.69, 9.17) is 0 Å². The van der Waals surface area contributed by atoms with Crippen LogP contribution in [0.25, 0.3) is 0 Å². The van der Waals surface area contributed by atoms with Crippen molar-refractivity contribution in [2.75, 3.05) is 18.4 Å². The van der Waals surface area contributed by atoms with E-state index in [1.54, 1.807) is 7.05 Å². The lowest BCUT2D eigenvalue weighted by Gasteiger charge is -2.11. The van der Waals surface area contributed by atoms with Crippen molar-refractivity contribution in [2.24, 2.45) is 18.9 Å². The topological polar surface area (TPSA) is 84.7 Å². The molecule has 1 amide bonds. The van der Waals surface area contributed by atoms with Gasteiger partial charge in [0.25, 0.3) is 5.95 Å². The van der Waals surface area contributed by atoms with Crippen molar-refractivity contribution in [3.8, 4) is 0 Å². The maximum atomic E-state index is 11.8. The number of aryl methyl sites for hydroxylation is 1. The standard InChI is InChI=1S/C8H14N6O/c1-5-3-9-4-6(5)7(15)10-8-11-13-14(2)12-8/h5-6,9H,3-4H2,1-2H3,(H,10,12,15)/t5-,6-/m1/s1. The highest BCUT2D eigenvalue weighted by atomic mass is 16.2. The number of aromatic nitrogens is 4.